The van der Waals surface area contributed by atoms with E-state index in [-0.39, 0.29) is 24.0 Å². The average Bonchev–Trinajstić information content (AvgIpc) is 2.57. The molecule has 0 aliphatic carbocycles. The number of para-hydroxylation sites is 2. The third kappa shape index (κ3) is 4.55. The Morgan fingerprint density at radius 3 is 2.50 bits per heavy atom. The average molecular weight is 331 g/mol. The van der Waals surface area contributed by atoms with E-state index in [0.29, 0.717) is 24.5 Å². The van der Waals surface area contributed by atoms with E-state index in [0.717, 1.165) is 11.1 Å². The fraction of sp³-hybridized carbons (Fsp3) is 0.278. The van der Waals surface area contributed by atoms with Crippen LogP contribution in [0.4, 0.5) is 0 Å². The van der Waals surface area contributed by atoms with Crippen LogP contribution >= 0.6 is 0 Å². The number of amides is 1. The van der Waals surface area contributed by atoms with Crippen LogP contribution in [0.1, 0.15) is 11.1 Å². The second-order valence-electron chi connectivity index (χ2n) is 5.31. The molecule has 6 nitrogen and oxygen atoms in total. The van der Waals surface area contributed by atoms with Crippen LogP contribution in [-0.4, -0.2) is 36.4 Å². The van der Waals surface area contributed by atoms with Gasteiger partial charge in [0.15, 0.2) is 29.6 Å². The Labute approximate surface area is 140 Å². The van der Waals surface area contributed by atoms with Gasteiger partial charge in [0.2, 0.25) is 0 Å². The number of methoxy groups -OCH3 is 1. The molecule has 0 bridgehead atoms. The number of rotatable bonds is 7. The minimum absolute atomic E-state index is 0.111. The molecule has 0 aliphatic rings. The molecule has 128 valence electrons. The third-order valence-electron chi connectivity index (χ3n) is 3.58. The summed E-state index contributed by atoms with van der Waals surface area (Å²) in [5.41, 5.74) is 1.71. The Bertz CT molecular complexity index is 715. The summed E-state index contributed by atoms with van der Waals surface area (Å²) < 4.78 is 10.6. The molecule has 6 heteroatoms. The van der Waals surface area contributed by atoms with Gasteiger partial charge >= 0.3 is 0 Å². The minimum atomic E-state index is -0.249. The fourth-order valence-electron chi connectivity index (χ4n) is 2.26. The Balaban J connectivity index is 1.80. The number of carbonyl (C=O) groups excluding carboxylic acids is 1. The maximum Gasteiger partial charge on any atom is 0.257 e. The van der Waals surface area contributed by atoms with Gasteiger partial charge in [-0.3, -0.25) is 4.79 Å². The topological polar surface area (TPSA) is 88.0 Å². The molecule has 0 aliphatic heterocycles. The lowest BCUT2D eigenvalue weighted by Crippen LogP contribution is -2.30. The SMILES string of the molecule is COc1ccccc1OCC(=O)NCCc1cc(O)c(O)cc1C. The normalized spacial score (nSPS) is 10.2. The van der Waals surface area contributed by atoms with Crippen molar-refractivity contribution in [3.8, 4) is 23.0 Å². The first-order chi connectivity index (χ1) is 11.5. The van der Waals surface area contributed by atoms with E-state index >= 15 is 0 Å². The van der Waals surface area contributed by atoms with Gasteiger partial charge in [0.1, 0.15) is 0 Å². The molecule has 0 aromatic heterocycles. The molecule has 0 spiro atoms. The molecule has 3 N–H and O–H groups in total. The number of carbonyl (C=O) groups is 1. The summed E-state index contributed by atoms with van der Waals surface area (Å²) in [6.07, 6.45) is 0.542. The van der Waals surface area contributed by atoms with Crippen LogP contribution in [0.2, 0.25) is 0 Å². The molecule has 1 amide bonds. The molecule has 0 radical (unpaired) electrons. The minimum Gasteiger partial charge on any atom is -0.504 e. The highest BCUT2D eigenvalue weighted by atomic mass is 16.5. The number of phenols is 2. The zero-order valence-corrected chi connectivity index (χ0v) is 13.7. The van der Waals surface area contributed by atoms with E-state index < -0.39 is 0 Å². The van der Waals surface area contributed by atoms with Crippen molar-refractivity contribution in [1.82, 2.24) is 5.32 Å². The number of aryl methyl sites for hydroxylation is 1. The number of phenolic OH excluding ortho intramolecular Hbond substituents is 2. The van der Waals surface area contributed by atoms with E-state index in [9.17, 15) is 15.0 Å². The van der Waals surface area contributed by atoms with Gasteiger partial charge in [-0.2, -0.15) is 0 Å². The van der Waals surface area contributed by atoms with Crippen molar-refractivity contribution in [2.45, 2.75) is 13.3 Å². The van der Waals surface area contributed by atoms with E-state index in [4.69, 9.17) is 9.47 Å². The molecule has 0 atom stereocenters. The Morgan fingerprint density at radius 2 is 1.79 bits per heavy atom. The number of hydrogen-bond acceptors (Lipinski definition) is 5. The van der Waals surface area contributed by atoms with Crippen LogP contribution in [0.15, 0.2) is 36.4 Å². The summed E-state index contributed by atoms with van der Waals surface area (Å²) in [5.74, 6) is 0.517. The molecular weight excluding hydrogens is 310 g/mol. The quantitative estimate of drug-likeness (QED) is 0.677. The molecule has 0 heterocycles. The first kappa shape index (κ1) is 17.5. The standard InChI is InChI=1S/C18H21NO5/c1-12-9-14(20)15(21)10-13(12)7-8-19-18(22)11-24-17-6-4-3-5-16(17)23-2/h3-6,9-10,20-21H,7-8,11H2,1-2H3,(H,19,22). The van der Waals surface area contributed by atoms with Gasteiger partial charge in [-0.25, -0.2) is 0 Å². The van der Waals surface area contributed by atoms with Gasteiger partial charge in [0.25, 0.3) is 5.91 Å². The van der Waals surface area contributed by atoms with Crippen LogP contribution in [0, 0.1) is 6.92 Å². The second-order valence-corrected chi connectivity index (χ2v) is 5.31. The van der Waals surface area contributed by atoms with Crippen molar-refractivity contribution in [2.24, 2.45) is 0 Å². The summed E-state index contributed by atoms with van der Waals surface area (Å²) in [6.45, 7) is 2.13. The van der Waals surface area contributed by atoms with Gasteiger partial charge in [0.05, 0.1) is 7.11 Å². The number of hydrogen-bond donors (Lipinski definition) is 3. The predicted molar refractivity (Wildman–Crippen MR) is 89.7 cm³/mol. The lowest BCUT2D eigenvalue weighted by Gasteiger charge is -2.11. The smallest absolute Gasteiger partial charge is 0.257 e. The molecule has 2 rings (SSSR count). The van der Waals surface area contributed by atoms with Crippen LogP contribution in [0.3, 0.4) is 0 Å². The Morgan fingerprint density at radius 1 is 1.12 bits per heavy atom. The van der Waals surface area contributed by atoms with Crippen molar-refractivity contribution in [3.63, 3.8) is 0 Å². The van der Waals surface area contributed by atoms with Gasteiger partial charge in [-0.1, -0.05) is 12.1 Å². The van der Waals surface area contributed by atoms with Crippen molar-refractivity contribution in [3.05, 3.63) is 47.5 Å². The monoisotopic (exact) mass is 331 g/mol. The number of aromatic hydroxyl groups is 2. The Hall–Kier alpha value is -2.89. The molecular formula is C18H21NO5. The van der Waals surface area contributed by atoms with Crippen LogP contribution in [0.5, 0.6) is 23.0 Å². The predicted octanol–water partition coefficient (Wildman–Crippen LogP) is 2.15. The van der Waals surface area contributed by atoms with Gasteiger partial charge in [-0.15, -0.1) is 0 Å². The number of nitrogens with one attached hydrogen (secondary N) is 1. The van der Waals surface area contributed by atoms with Gasteiger partial charge in [-0.05, 0) is 48.7 Å². The van der Waals surface area contributed by atoms with Crippen LogP contribution < -0.4 is 14.8 Å². The van der Waals surface area contributed by atoms with Gasteiger partial charge in [0, 0.05) is 6.54 Å². The van der Waals surface area contributed by atoms with E-state index in [2.05, 4.69) is 5.32 Å². The lowest BCUT2D eigenvalue weighted by atomic mass is 10.0. The van der Waals surface area contributed by atoms with E-state index in [1.807, 2.05) is 13.0 Å². The number of benzene rings is 2. The van der Waals surface area contributed by atoms with Crippen LogP contribution in [0.25, 0.3) is 0 Å². The van der Waals surface area contributed by atoms with Crippen LogP contribution in [-0.2, 0) is 11.2 Å². The molecule has 0 saturated carbocycles. The zero-order chi connectivity index (χ0) is 17.5. The summed E-state index contributed by atoms with van der Waals surface area (Å²) in [5, 5.41) is 21.7. The molecule has 0 unspecified atom stereocenters. The summed E-state index contributed by atoms with van der Waals surface area (Å²) in [6, 6.07) is 10.1. The van der Waals surface area contributed by atoms with Crippen molar-refractivity contribution in [1.29, 1.82) is 0 Å². The second kappa shape index (κ2) is 8.10. The third-order valence-corrected chi connectivity index (χ3v) is 3.58. The molecule has 24 heavy (non-hydrogen) atoms. The maximum absolute atomic E-state index is 11.8. The Kier molecular flexibility index (Phi) is 5.89. The lowest BCUT2D eigenvalue weighted by molar-refractivity contribution is -0.123. The van der Waals surface area contributed by atoms with Gasteiger partial charge < -0.3 is 25.0 Å². The first-order valence-corrected chi connectivity index (χ1v) is 7.55. The fourth-order valence-corrected chi connectivity index (χ4v) is 2.26. The molecule has 0 saturated heterocycles. The zero-order valence-electron chi connectivity index (χ0n) is 13.7. The maximum atomic E-state index is 11.8. The summed E-state index contributed by atoms with van der Waals surface area (Å²) >= 11 is 0. The highest BCUT2D eigenvalue weighted by molar-refractivity contribution is 5.77. The van der Waals surface area contributed by atoms with Crippen molar-refractivity contribution >= 4 is 5.91 Å². The highest BCUT2D eigenvalue weighted by Gasteiger charge is 2.08. The van der Waals surface area contributed by atoms with E-state index in [1.54, 1.807) is 18.2 Å². The largest absolute Gasteiger partial charge is 0.504 e. The molecule has 0 fully saturated rings. The summed E-state index contributed by atoms with van der Waals surface area (Å²) in [4.78, 5) is 11.8. The summed E-state index contributed by atoms with van der Waals surface area (Å²) in [7, 11) is 1.54. The molecule has 2 aromatic rings. The van der Waals surface area contributed by atoms with Crippen molar-refractivity contribution in [2.75, 3.05) is 20.3 Å². The first-order valence-electron chi connectivity index (χ1n) is 7.55. The van der Waals surface area contributed by atoms with Crippen molar-refractivity contribution < 1.29 is 24.5 Å². The van der Waals surface area contributed by atoms with E-state index in [1.165, 1.54) is 19.2 Å². The highest BCUT2D eigenvalue weighted by Crippen LogP contribution is 2.28. The molecule has 2 aromatic carbocycles. The number of ether oxygens (including phenoxy) is 2.